The first kappa shape index (κ1) is 10.7. The van der Waals surface area contributed by atoms with Crippen LogP contribution in [0.2, 0.25) is 0 Å². The molecule has 0 radical (unpaired) electrons. The van der Waals surface area contributed by atoms with Crippen LogP contribution in [0, 0.1) is 11.7 Å². The highest BCUT2D eigenvalue weighted by Gasteiger charge is 2.53. The molecule has 3 rings (SSSR count). The molecule has 1 aliphatic carbocycles. The van der Waals surface area contributed by atoms with Gasteiger partial charge in [-0.3, -0.25) is 9.78 Å². The van der Waals surface area contributed by atoms with Gasteiger partial charge in [0.25, 0.3) is 5.91 Å². The average molecular weight is 236 g/mol. The summed E-state index contributed by atoms with van der Waals surface area (Å²) in [6.07, 6.45) is 4.48. The smallest absolute Gasteiger partial charge is 0.257 e. The second-order valence-corrected chi connectivity index (χ2v) is 4.89. The summed E-state index contributed by atoms with van der Waals surface area (Å²) in [5.41, 5.74) is -0.697. The molecule has 90 valence electrons. The lowest BCUT2D eigenvalue weighted by Gasteiger charge is -2.47. The van der Waals surface area contributed by atoms with E-state index in [1.807, 2.05) is 0 Å². The number of likely N-dealkylation sites (tertiary alicyclic amines) is 1. The van der Waals surface area contributed by atoms with Crippen LogP contribution in [0.15, 0.2) is 18.5 Å². The quantitative estimate of drug-likeness (QED) is 0.827. The molecule has 1 aliphatic heterocycles. The number of aromatic nitrogens is 1. The van der Waals surface area contributed by atoms with E-state index in [1.165, 1.54) is 17.2 Å². The Kier molecular flexibility index (Phi) is 2.19. The first-order valence-corrected chi connectivity index (χ1v) is 5.71. The first-order valence-electron chi connectivity index (χ1n) is 5.71. The van der Waals surface area contributed by atoms with Gasteiger partial charge >= 0.3 is 0 Å². The summed E-state index contributed by atoms with van der Waals surface area (Å²) < 4.78 is 13.4. The standard InChI is InChI=1S/C12H13FN2O2/c13-10-5-14-4-3-9(10)11(16)15-6-12(17,7-15)8-1-2-8/h3-5,8,17H,1-2,6-7H2. The SMILES string of the molecule is O=C(c1ccncc1F)N1CC(O)(C2CC2)C1. The van der Waals surface area contributed by atoms with E-state index in [2.05, 4.69) is 4.98 Å². The lowest BCUT2D eigenvalue weighted by molar-refractivity contribution is -0.0959. The van der Waals surface area contributed by atoms with Crippen LogP contribution in [0.5, 0.6) is 0 Å². The Morgan fingerprint density at radius 2 is 2.24 bits per heavy atom. The van der Waals surface area contributed by atoms with Gasteiger partial charge in [0.15, 0.2) is 5.82 Å². The van der Waals surface area contributed by atoms with Gasteiger partial charge in [-0.25, -0.2) is 4.39 Å². The van der Waals surface area contributed by atoms with Crippen molar-refractivity contribution in [3.63, 3.8) is 0 Å². The molecule has 1 saturated carbocycles. The van der Waals surface area contributed by atoms with Gasteiger partial charge in [-0.15, -0.1) is 0 Å². The van der Waals surface area contributed by atoms with Crippen LogP contribution < -0.4 is 0 Å². The van der Waals surface area contributed by atoms with Crippen molar-refractivity contribution in [1.29, 1.82) is 0 Å². The van der Waals surface area contributed by atoms with Crippen molar-refractivity contribution in [2.45, 2.75) is 18.4 Å². The van der Waals surface area contributed by atoms with Gasteiger partial charge in [-0.2, -0.15) is 0 Å². The lowest BCUT2D eigenvalue weighted by atomic mass is 9.88. The summed E-state index contributed by atoms with van der Waals surface area (Å²) in [6.45, 7) is 0.635. The third-order valence-corrected chi connectivity index (χ3v) is 3.56. The van der Waals surface area contributed by atoms with E-state index in [1.54, 1.807) is 0 Å². The molecule has 2 fully saturated rings. The molecule has 1 amide bonds. The number of hydrogen-bond donors (Lipinski definition) is 1. The molecule has 1 N–H and O–H groups in total. The van der Waals surface area contributed by atoms with Gasteiger partial charge in [-0.1, -0.05) is 0 Å². The molecule has 0 aromatic carbocycles. The molecule has 0 atom stereocenters. The molecule has 0 bridgehead atoms. The van der Waals surface area contributed by atoms with Gasteiger partial charge in [0.1, 0.15) is 5.60 Å². The van der Waals surface area contributed by atoms with Crippen molar-refractivity contribution >= 4 is 5.91 Å². The lowest BCUT2D eigenvalue weighted by Crippen LogP contribution is -2.64. The number of halogens is 1. The van der Waals surface area contributed by atoms with Crippen LogP contribution in [0.3, 0.4) is 0 Å². The third kappa shape index (κ3) is 1.70. The van der Waals surface area contributed by atoms with Crippen molar-refractivity contribution in [1.82, 2.24) is 9.88 Å². The van der Waals surface area contributed by atoms with Gasteiger partial charge in [0, 0.05) is 6.20 Å². The van der Waals surface area contributed by atoms with E-state index >= 15 is 0 Å². The number of hydrogen-bond acceptors (Lipinski definition) is 3. The summed E-state index contributed by atoms with van der Waals surface area (Å²) in [7, 11) is 0. The van der Waals surface area contributed by atoms with E-state index in [0.717, 1.165) is 19.0 Å². The normalized spacial score (nSPS) is 22.1. The minimum atomic E-state index is -0.723. The van der Waals surface area contributed by atoms with Gasteiger partial charge in [0.05, 0.1) is 24.8 Å². The zero-order valence-corrected chi connectivity index (χ0v) is 9.27. The molecule has 2 aliphatic rings. The Hall–Kier alpha value is -1.49. The molecule has 0 spiro atoms. The van der Waals surface area contributed by atoms with Crippen LogP contribution in [-0.2, 0) is 0 Å². The largest absolute Gasteiger partial charge is 0.386 e. The fourth-order valence-electron chi connectivity index (χ4n) is 2.36. The molecule has 1 saturated heterocycles. The Bertz CT molecular complexity index is 467. The van der Waals surface area contributed by atoms with Gasteiger partial charge in [0.2, 0.25) is 0 Å². The van der Waals surface area contributed by atoms with Crippen molar-refractivity contribution in [3.05, 3.63) is 29.8 Å². The maximum absolute atomic E-state index is 13.4. The van der Waals surface area contributed by atoms with Crippen LogP contribution in [0.1, 0.15) is 23.2 Å². The number of nitrogens with zero attached hydrogens (tertiary/aromatic N) is 2. The molecule has 17 heavy (non-hydrogen) atoms. The highest BCUT2D eigenvalue weighted by atomic mass is 19.1. The van der Waals surface area contributed by atoms with E-state index in [9.17, 15) is 14.3 Å². The predicted molar refractivity (Wildman–Crippen MR) is 57.8 cm³/mol. The van der Waals surface area contributed by atoms with E-state index in [-0.39, 0.29) is 11.5 Å². The number of β-amino-alcohol motifs (C(OH)–C–C–N with tert-alkyl or cyclic N) is 1. The summed E-state index contributed by atoms with van der Waals surface area (Å²) in [5.74, 6) is -0.650. The molecular formula is C12H13FN2O2. The maximum Gasteiger partial charge on any atom is 0.257 e. The Morgan fingerprint density at radius 3 is 2.82 bits per heavy atom. The Balaban J connectivity index is 1.71. The maximum atomic E-state index is 13.4. The number of carbonyl (C=O) groups excluding carboxylic acids is 1. The molecule has 4 nitrogen and oxygen atoms in total. The van der Waals surface area contributed by atoms with E-state index in [4.69, 9.17) is 0 Å². The average Bonchev–Trinajstić information content (AvgIpc) is 3.08. The van der Waals surface area contributed by atoms with Crippen molar-refractivity contribution < 1.29 is 14.3 Å². The zero-order valence-electron chi connectivity index (χ0n) is 9.27. The number of pyridine rings is 1. The summed E-state index contributed by atoms with van der Waals surface area (Å²) >= 11 is 0. The fourth-order valence-corrected chi connectivity index (χ4v) is 2.36. The molecule has 0 unspecified atom stereocenters. The van der Waals surface area contributed by atoms with E-state index in [0.29, 0.717) is 19.0 Å². The van der Waals surface area contributed by atoms with Gasteiger partial charge < -0.3 is 10.0 Å². The number of aliphatic hydroxyl groups is 1. The molecular weight excluding hydrogens is 223 g/mol. The van der Waals surface area contributed by atoms with Crippen LogP contribution in [-0.4, -0.2) is 39.6 Å². The topological polar surface area (TPSA) is 53.4 Å². The molecule has 1 aromatic rings. The zero-order chi connectivity index (χ0) is 12.0. The Labute approximate surface area is 98.1 Å². The second-order valence-electron chi connectivity index (χ2n) is 4.89. The summed E-state index contributed by atoms with van der Waals surface area (Å²) in [4.78, 5) is 17.0. The molecule has 1 aromatic heterocycles. The minimum Gasteiger partial charge on any atom is -0.386 e. The second kappa shape index (κ2) is 3.50. The summed E-state index contributed by atoms with van der Waals surface area (Å²) in [5, 5.41) is 10.1. The van der Waals surface area contributed by atoms with Crippen molar-refractivity contribution in [2.24, 2.45) is 5.92 Å². The number of amides is 1. The minimum absolute atomic E-state index is 0.0258. The van der Waals surface area contributed by atoms with Crippen molar-refractivity contribution in [2.75, 3.05) is 13.1 Å². The number of carbonyl (C=O) groups is 1. The summed E-state index contributed by atoms with van der Waals surface area (Å²) in [6, 6.07) is 1.37. The number of rotatable bonds is 2. The predicted octanol–water partition coefficient (Wildman–Crippen LogP) is 0.818. The fraction of sp³-hybridized carbons (Fsp3) is 0.500. The van der Waals surface area contributed by atoms with Crippen LogP contribution >= 0.6 is 0 Å². The van der Waals surface area contributed by atoms with Crippen LogP contribution in [0.4, 0.5) is 4.39 Å². The Morgan fingerprint density at radius 1 is 1.53 bits per heavy atom. The van der Waals surface area contributed by atoms with E-state index < -0.39 is 11.4 Å². The highest BCUT2D eigenvalue weighted by Crippen LogP contribution is 2.44. The third-order valence-electron chi connectivity index (χ3n) is 3.56. The monoisotopic (exact) mass is 236 g/mol. The van der Waals surface area contributed by atoms with Gasteiger partial charge in [-0.05, 0) is 24.8 Å². The molecule has 2 heterocycles. The first-order chi connectivity index (χ1) is 8.10. The molecule has 5 heteroatoms. The van der Waals surface area contributed by atoms with Crippen molar-refractivity contribution in [3.8, 4) is 0 Å². The van der Waals surface area contributed by atoms with Crippen LogP contribution in [0.25, 0.3) is 0 Å². The highest BCUT2D eigenvalue weighted by molar-refractivity contribution is 5.95.